The average Bonchev–Trinajstić information content (AvgIpc) is 2.94. The smallest absolute Gasteiger partial charge is 0.0579 e. The van der Waals surface area contributed by atoms with Gasteiger partial charge in [-0.3, -0.25) is 0 Å². The molecule has 1 heterocycles. The van der Waals surface area contributed by atoms with Crippen molar-refractivity contribution in [3.63, 3.8) is 0 Å². The van der Waals surface area contributed by atoms with Gasteiger partial charge in [-0.25, -0.2) is 0 Å². The van der Waals surface area contributed by atoms with E-state index in [2.05, 4.69) is 5.32 Å². The third-order valence-corrected chi connectivity index (χ3v) is 4.17. The van der Waals surface area contributed by atoms with Crippen LogP contribution in [0.3, 0.4) is 0 Å². The number of hydrogen-bond donors (Lipinski definition) is 1. The van der Waals surface area contributed by atoms with Crippen molar-refractivity contribution in [3.05, 3.63) is 0 Å². The van der Waals surface area contributed by atoms with E-state index in [1.165, 1.54) is 45.2 Å². The summed E-state index contributed by atoms with van der Waals surface area (Å²) in [6.45, 7) is 3.56. The molecule has 0 aromatic rings. The van der Waals surface area contributed by atoms with Gasteiger partial charge in [-0.05, 0) is 62.9 Å². The number of ether oxygens (including phenoxy) is 1. The van der Waals surface area contributed by atoms with Crippen LogP contribution in [0.25, 0.3) is 0 Å². The quantitative estimate of drug-likeness (QED) is 0.738. The number of hydrogen-bond acceptors (Lipinski definition) is 2. The second-order valence-corrected chi connectivity index (χ2v) is 5.39. The fraction of sp³-hybridized carbons (Fsp3) is 1.00. The normalized spacial score (nSPS) is 41.6. The molecule has 2 heteroatoms. The highest BCUT2D eigenvalue weighted by Crippen LogP contribution is 2.37. The Labute approximate surface area is 86.4 Å². The molecule has 2 nitrogen and oxygen atoms in total. The monoisotopic (exact) mass is 195 g/mol. The van der Waals surface area contributed by atoms with Crippen LogP contribution in [-0.2, 0) is 4.74 Å². The summed E-state index contributed by atoms with van der Waals surface area (Å²) in [5, 5.41) is 3.64. The standard InChI is InChI=1S/C12H21NO/c1-2-9(1)6-13-7-10-3-4-12-5-11(10)8-14-12/h9-13H,1-8H2. The van der Waals surface area contributed by atoms with E-state index in [9.17, 15) is 0 Å². The van der Waals surface area contributed by atoms with Gasteiger partial charge in [0, 0.05) is 0 Å². The third-order valence-electron chi connectivity index (χ3n) is 4.17. The van der Waals surface area contributed by atoms with Crippen LogP contribution in [0.2, 0.25) is 0 Å². The molecule has 3 rings (SSSR count). The zero-order chi connectivity index (χ0) is 9.38. The Balaban J connectivity index is 1.42. The predicted octanol–water partition coefficient (Wildman–Crippen LogP) is 1.80. The molecule has 14 heavy (non-hydrogen) atoms. The van der Waals surface area contributed by atoms with Gasteiger partial charge in [-0.15, -0.1) is 0 Å². The zero-order valence-electron chi connectivity index (χ0n) is 8.87. The maximum atomic E-state index is 5.72. The summed E-state index contributed by atoms with van der Waals surface area (Å²) in [7, 11) is 0. The molecule has 0 radical (unpaired) electrons. The van der Waals surface area contributed by atoms with E-state index >= 15 is 0 Å². The predicted molar refractivity (Wildman–Crippen MR) is 56.2 cm³/mol. The Hall–Kier alpha value is -0.0800. The van der Waals surface area contributed by atoms with Crippen LogP contribution in [0.1, 0.15) is 32.1 Å². The summed E-state index contributed by atoms with van der Waals surface area (Å²) in [6.07, 6.45) is 7.60. The second-order valence-electron chi connectivity index (χ2n) is 5.39. The lowest BCUT2D eigenvalue weighted by Crippen LogP contribution is -2.32. The number of rotatable bonds is 4. The summed E-state index contributed by atoms with van der Waals surface area (Å²) < 4.78 is 5.72. The first kappa shape index (κ1) is 9.17. The van der Waals surface area contributed by atoms with E-state index in [0.717, 1.165) is 24.4 Å². The summed E-state index contributed by atoms with van der Waals surface area (Å²) in [5.41, 5.74) is 0. The highest BCUT2D eigenvalue weighted by molar-refractivity contribution is 4.87. The summed E-state index contributed by atoms with van der Waals surface area (Å²) in [5.74, 6) is 2.80. The van der Waals surface area contributed by atoms with E-state index in [4.69, 9.17) is 4.74 Å². The van der Waals surface area contributed by atoms with Gasteiger partial charge in [0.25, 0.3) is 0 Å². The minimum absolute atomic E-state index is 0.625. The van der Waals surface area contributed by atoms with Crippen molar-refractivity contribution in [2.75, 3.05) is 19.7 Å². The van der Waals surface area contributed by atoms with Crippen molar-refractivity contribution in [3.8, 4) is 0 Å². The maximum Gasteiger partial charge on any atom is 0.0579 e. The third kappa shape index (κ3) is 1.96. The van der Waals surface area contributed by atoms with Crippen LogP contribution in [-0.4, -0.2) is 25.8 Å². The fourth-order valence-electron chi connectivity index (χ4n) is 2.96. The highest BCUT2D eigenvalue weighted by Gasteiger charge is 2.36. The highest BCUT2D eigenvalue weighted by atomic mass is 16.5. The molecule has 3 aliphatic rings. The second kappa shape index (κ2) is 3.82. The SMILES string of the molecule is C1CC1CNCC1CCC2CC1CO2. The molecule has 2 bridgehead atoms. The van der Waals surface area contributed by atoms with Crippen molar-refractivity contribution in [2.45, 2.75) is 38.2 Å². The molecule has 0 aromatic heterocycles. The molecule has 3 atom stereocenters. The topological polar surface area (TPSA) is 21.3 Å². The van der Waals surface area contributed by atoms with Gasteiger partial charge >= 0.3 is 0 Å². The molecular formula is C12H21NO. The Kier molecular flexibility index (Phi) is 2.50. The van der Waals surface area contributed by atoms with Crippen LogP contribution in [0.4, 0.5) is 0 Å². The van der Waals surface area contributed by atoms with Crippen molar-refractivity contribution in [2.24, 2.45) is 17.8 Å². The average molecular weight is 195 g/mol. The largest absolute Gasteiger partial charge is 0.378 e. The molecule has 2 aliphatic carbocycles. The summed E-state index contributed by atoms with van der Waals surface area (Å²) in [4.78, 5) is 0. The van der Waals surface area contributed by atoms with Crippen molar-refractivity contribution >= 4 is 0 Å². The molecule has 0 spiro atoms. The van der Waals surface area contributed by atoms with Crippen LogP contribution in [0.5, 0.6) is 0 Å². The molecule has 1 N–H and O–H groups in total. The van der Waals surface area contributed by atoms with Gasteiger partial charge in [0.1, 0.15) is 0 Å². The molecule has 1 aliphatic heterocycles. The van der Waals surface area contributed by atoms with Crippen LogP contribution in [0.15, 0.2) is 0 Å². The zero-order valence-corrected chi connectivity index (χ0v) is 8.87. The van der Waals surface area contributed by atoms with E-state index in [1.807, 2.05) is 0 Å². The minimum Gasteiger partial charge on any atom is -0.378 e. The van der Waals surface area contributed by atoms with E-state index in [-0.39, 0.29) is 0 Å². The fourth-order valence-corrected chi connectivity index (χ4v) is 2.96. The summed E-state index contributed by atoms with van der Waals surface area (Å²) >= 11 is 0. The first-order valence-electron chi connectivity index (χ1n) is 6.24. The molecule has 3 unspecified atom stereocenters. The first-order chi connectivity index (χ1) is 6.92. The van der Waals surface area contributed by atoms with Crippen LogP contribution >= 0.6 is 0 Å². The van der Waals surface area contributed by atoms with Gasteiger partial charge in [0.2, 0.25) is 0 Å². The maximum absolute atomic E-state index is 5.72. The Morgan fingerprint density at radius 1 is 1.07 bits per heavy atom. The molecule has 3 fully saturated rings. The molecule has 1 saturated heterocycles. The van der Waals surface area contributed by atoms with Gasteiger partial charge < -0.3 is 10.1 Å². The van der Waals surface area contributed by atoms with Gasteiger partial charge in [0.05, 0.1) is 12.7 Å². The number of fused-ring (bicyclic) bond motifs is 2. The molecule has 80 valence electrons. The van der Waals surface area contributed by atoms with Crippen molar-refractivity contribution < 1.29 is 4.74 Å². The Morgan fingerprint density at radius 2 is 2.00 bits per heavy atom. The minimum atomic E-state index is 0.625. The molecule has 2 saturated carbocycles. The van der Waals surface area contributed by atoms with E-state index < -0.39 is 0 Å². The lowest BCUT2D eigenvalue weighted by atomic mass is 9.80. The Morgan fingerprint density at radius 3 is 2.86 bits per heavy atom. The molecular weight excluding hydrogens is 174 g/mol. The van der Waals surface area contributed by atoms with Crippen LogP contribution < -0.4 is 5.32 Å². The molecule has 0 amide bonds. The van der Waals surface area contributed by atoms with Crippen molar-refractivity contribution in [1.29, 1.82) is 0 Å². The van der Waals surface area contributed by atoms with Crippen molar-refractivity contribution in [1.82, 2.24) is 5.32 Å². The lowest BCUT2D eigenvalue weighted by molar-refractivity contribution is 0.107. The first-order valence-corrected chi connectivity index (χ1v) is 6.24. The van der Waals surface area contributed by atoms with Crippen LogP contribution in [0, 0.1) is 17.8 Å². The van der Waals surface area contributed by atoms with Gasteiger partial charge in [-0.1, -0.05) is 0 Å². The van der Waals surface area contributed by atoms with Gasteiger partial charge in [-0.2, -0.15) is 0 Å². The lowest BCUT2D eigenvalue weighted by Gasteiger charge is -2.27. The number of nitrogens with one attached hydrogen (secondary N) is 1. The molecule has 0 aromatic carbocycles. The Bertz CT molecular complexity index is 202. The summed E-state index contributed by atoms with van der Waals surface area (Å²) in [6, 6.07) is 0. The van der Waals surface area contributed by atoms with E-state index in [0.29, 0.717) is 6.10 Å². The van der Waals surface area contributed by atoms with Gasteiger partial charge in [0.15, 0.2) is 0 Å². The van der Waals surface area contributed by atoms with E-state index in [1.54, 1.807) is 0 Å².